The summed E-state index contributed by atoms with van der Waals surface area (Å²) in [4.78, 5) is 14.9. The molecule has 0 radical (unpaired) electrons. The van der Waals surface area contributed by atoms with E-state index in [0.29, 0.717) is 29.1 Å². The number of nitrogens with zero attached hydrogens (tertiary/aromatic N) is 1. The fraction of sp³-hybridized carbons (Fsp3) is 0.160. The minimum absolute atomic E-state index is 0.123. The van der Waals surface area contributed by atoms with Gasteiger partial charge in [-0.2, -0.15) is 0 Å². The highest BCUT2D eigenvalue weighted by Gasteiger charge is 2.28. The Hall–Kier alpha value is -3.48. The number of halogens is 1. The van der Waals surface area contributed by atoms with Gasteiger partial charge in [0.1, 0.15) is 5.82 Å². The summed E-state index contributed by atoms with van der Waals surface area (Å²) >= 11 is 0. The van der Waals surface area contributed by atoms with Crippen LogP contribution in [-0.4, -0.2) is 36.1 Å². The van der Waals surface area contributed by atoms with Crippen LogP contribution < -0.4 is 10.6 Å². The monoisotopic (exact) mass is 417 g/mol. The third-order valence-electron chi connectivity index (χ3n) is 5.20. The number of aliphatic hydroxyl groups is 1. The van der Waals surface area contributed by atoms with Gasteiger partial charge >= 0.3 is 0 Å². The van der Waals surface area contributed by atoms with Crippen LogP contribution in [-0.2, 0) is 11.3 Å². The van der Waals surface area contributed by atoms with Crippen LogP contribution in [0.4, 0.5) is 15.8 Å². The Morgan fingerprint density at radius 3 is 2.52 bits per heavy atom. The number of nitrogens with one attached hydrogen (secondary N) is 2. The first-order valence-electron chi connectivity index (χ1n) is 10.1. The van der Waals surface area contributed by atoms with Crippen molar-refractivity contribution in [2.45, 2.75) is 6.54 Å². The number of amides is 1. The van der Waals surface area contributed by atoms with E-state index in [4.69, 9.17) is 5.11 Å². The minimum atomic E-state index is -0.392. The van der Waals surface area contributed by atoms with Gasteiger partial charge in [-0.25, -0.2) is 4.39 Å². The van der Waals surface area contributed by atoms with Crippen LogP contribution in [0.15, 0.2) is 72.8 Å². The summed E-state index contributed by atoms with van der Waals surface area (Å²) in [7, 11) is 1.96. The summed E-state index contributed by atoms with van der Waals surface area (Å²) in [5, 5.41) is 15.2. The summed E-state index contributed by atoms with van der Waals surface area (Å²) in [6.07, 6.45) is 0. The van der Waals surface area contributed by atoms with E-state index >= 15 is 0 Å². The molecule has 31 heavy (non-hydrogen) atoms. The number of hydrogen-bond acceptors (Lipinski definition) is 4. The number of rotatable bonds is 7. The second-order valence-electron chi connectivity index (χ2n) is 7.54. The molecule has 1 aliphatic rings. The predicted octanol–water partition coefficient (Wildman–Crippen LogP) is 4.18. The number of carbonyl (C=O) groups excluding carboxylic acids is 1. The number of hydrogen-bond donors (Lipinski definition) is 3. The lowest BCUT2D eigenvalue weighted by atomic mass is 10.00. The SMILES string of the molecule is CN(CCO)Cc1ccc(NC(=C2C(=O)Nc3cc(F)ccc32)c2ccccc2)cc1. The smallest absolute Gasteiger partial charge is 0.258 e. The molecule has 0 saturated heterocycles. The summed E-state index contributed by atoms with van der Waals surface area (Å²) in [6, 6.07) is 21.9. The summed E-state index contributed by atoms with van der Waals surface area (Å²) < 4.78 is 13.7. The quantitative estimate of drug-likeness (QED) is 0.505. The standard InChI is InChI=1S/C25H24FN3O2/c1-29(13-14-30)16-17-7-10-20(11-8-17)27-24(18-5-3-2-4-6-18)23-21-12-9-19(26)15-22(21)28-25(23)31/h2-12,15,27,30H,13-14,16H2,1H3,(H,28,31). The van der Waals surface area contributed by atoms with Gasteiger partial charge in [0.2, 0.25) is 0 Å². The topological polar surface area (TPSA) is 64.6 Å². The van der Waals surface area contributed by atoms with Crippen molar-refractivity contribution in [3.63, 3.8) is 0 Å². The molecule has 3 N–H and O–H groups in total. The molecule has 158 valence electrons. The fourth-order valence-corrected chi connectivity index (χ4v) is 3.68. The first-order valence-corrected chi connectivity index (χ1v) is 10.1. The van der Waals surface area contributed by atoms with Crippen molar-refractivity contribution in [2.24, 2.45) is 0 Å². The second-order valence-corrected chi connectivity index (χ2v) is 7.54. The third-order valence-corrected chi connectivity index (χ3v) is 5.20. The summed E-state index contributed by atoms with van der Waals surface area (Å²) in [5.74, 6) is -0.662. The predicted molar refractivity (Wildman–Crippen MR) is 122 cm³/mol. The molecule has 0 unspecified atom stereocenters. The Morgan fingerprint density at radius 2 is 1.81 bits per heavy atom. The first kappa shape index (κ1) is 20.8. The molecule has 0 spiro atoms. The number of anilines is 2. The average Bonchev–Trinajstić information content (AvgIpc) is 3.08. The van der Waals surface area contributed by atoms with Gasteiger partial charge in [-0.05, 0) is 48.5 Å². The summed E-state index contributed by atoms with van der Waals surface area (Å²) in [5.41, 5.74) is 5.09. The minimum Gasteiger partial charge on any atom is -0.395 e. The molecule has 3 aromatic rings. The lowest BCUT2D eigenvalue weighted by molar-refractivity contribution is -0.110. The molecule has 0 fully saturated rings. The van der Waals surface area contributed by atoms with E-state index in [1.807, 2.05) is 66.5 Å². The number of benzene rings is 3. The number of fused-ring (bicyclic) bond motifs is 1. The molecule has 1 aliphatic heterocycles. The normalized spacial score (nSPS) is 14.4. The van der Waals surface area contributed by atoms with Crippen molar-refractivity contribution in [3.8, 4) is 0 Å². The van der Waals surface area contributed by atoms with Crippen molar-refractivity contribution in [1.82, 2.24) is 4.90 Å². The van der Waals surface area contributed by atoms with E-state index in [1.54, 1.807) is 6.07 Å². The maximum Gasteiger partial charge on any atom is 0.258 e. The van der Waals surface area contributed by atoms with Crippen LogP contribution in [0.5, 0.6) is 0 Å². The van der Waals surface area contributed by atoms with Crippen molar-refractivity contribution < 1.29 is 14.3 Å². The third kappa shape index (κ3) is 4.66. The van der Waals surface area contributed by atoms with Crippen molar-refractivity contribution >= 4 is 28.6 Å². The Balaban J connectivity index is 1.70. The first-order chi connectivity index (χ1) is 15.0. The zero-order valence-electron chi connectivity index (χ0n) is 17.2. The molecule has 5 nitrogen and oxygen atoms in total. The lowest BCUT2D eigenvalue weighted by Gasteiger charge is -2.17. The van der Waals surface area contributed by atoms with Gasteiger partial charge in [-0.3, -0.25) is 9.69 Å². The molecule has 0 aromatic heterocycles. The Labute approximate surface area is 180 Å². The molecule has 0 bridgehead atoms. The Morgan fingerprint density at radius 1 is 1.06 bits per heavy atom. The van der Waals surface area contributed by atoms with Crippen molar-refractivity contribution in [3.05, 3.63) is 95.3 Å². The van der Waals surface area contributed by atoms with Crippen LogP contribution in [0.25, 0.3) is 11.3 Å². The van der Waals surface area contributed by atoms with E-state index in [9.17, 15) is 9.18 Å². The Kier molecular flexibility index (Phi) is 6.11. The van der Waals surface area contributed by atoms with Gasteiger partial charge in [-0.15, -0.1) is 0 Å². The Bertz CT molecular complexity index is 1110. The van der Waals surface area contributed by atoms with Gasteiger partial charge in [0.25, 0.3) is 5.91 Å². The van der Waals surface area contributed by atoms with Gasteiger partial charge in [0, 0.05) is 24.3 Å². The largest absolute Gasteiger partial charge is 0.395 e. The highest BCUT2D eigenvalue weighted by Crippen LogP contribution is 2.37. The summed E-state index contributed by atoms with van der Waals surface area (Å²) in [6.45, 7) is 1.46. The molecular weight excluding hydrogens is 393 g/mol. The molecule has 0 aliphatic carbocycles. The van der Waals surface area contributed by atoms with Crippen LogP contribution in [0.3, 0.4) is 0 Å². The molecule has 1 amide bonds. The van der Waals surface area contributed by atoms with Gasteiger partial charge in [-0.1, -0.05) is 42.5 Å². The fourth-order valence-electron chi connectivity index (χ4n) is 3.68. The molecule has 1 heterocycles. The molecular formula is C25H24FN3O2. The van der Waals surface area contributed by atoms with E-state index in [0.717, 1.165) is 23.4 Å². The maximum absolute atomic E-state index is 13.7. The lowest BCUT2D eigenvalue weighted by Crippen LogP contribution is -2.21. The van der Waals surface area contributed by atoms with E-state index < -0.39 is 5.82 Å². The maximum atomic E-state index is 13.7. The number of carbonyl (C=O) groups is 1. The molecule has 0 saturated carbocycles. The zero-order valence-corrected chi connectivity index (χ0v) is 17.2. The zero-order chi connectivity index (χ0) is 21.8. The van der Waals surface area contributed by atoms with Crippen LogP contribution in [0.2, 0.25) is 0 Å². The second kappa shape index (κ2) is 9.12. The molecule has 4 rings (SSSR count). The van der Waals surface area contributed by atoms with Crippen LogP contribution in [0.1, 0.15) is 16.7 Å². The van der Waals surface area contributed by atoms with Gasteiger partial charge < -0.3 is 15.7 Å². The molecule has 6 heteroatoms. The molecule has 3 aromatic carbocycles. The van der Waals surface area contributed by atoms with Gasteiger partial charge in [0.15, 0.2) is 0 Å². The highest BCUT2D eigenvalue weighted by atomic mass is 19.1. The van der Waals surface area contributed by atoms with E-state index in [-0.39, 0.29) is 12.5 Å². The number of aliphatic hydroxyl groups excluding tert-OH is 1. The van der Waals surface area contributed by atoms with E-state index in [1.165, 1.54) is 12.1 Å². The number of likely N-dealkylation sites (N-methyl/N-ethyl adjacent to an activating group) is 1. The van der Waals surface area contributed by atoms with Crippen molar-refractivity contribution in [1.29, 1.82) is 0 Å². The average molecular weight is 417 g/mol. The van der Waals surface area contributed by atoms with Crippen molar-refractivity contribution in [2.75, 3.05) is 30.8 Å². The molecule has 0 atom stereocenters. The van der Waals surface area contributed by atoms with Gasteiger partial charge in [0.05, 0.1) is 23.6 Å². The van der Waals surface area contributed by atoms with E-state index in [2.05, 4.69) is 10.6 Å². The highest BCUT2D eigenvalue weighted by molar-refractivity contribution is 6.37. The van der Waals surface area contributed by atoms with Crippen LogP contribution in [0, 0.1) is 5.82 Å². The van der Waals surface area contributed by atoms with Crippen LogP contribution >= 0.6 is 0 Å².